The number of nitro benzene ring substituents is 1. The van der Waals surface area contributed by atoms with Gasteiger partial charge in [0, 0.05) is 11.6 Å². The second kappa shape index (κ2) is 5.78. The van der Waals surface area contributed by atoms with Gasteiger partial charge in [0.1, 0.15) is 12.7 Å². The van der Waals surface area contributed by atoms with Crippen LogP contribution in [-0.2, 0) is 0 Å². The van der Waals surface area contributed by atoms with E-state index >= 15 is 0 Å². The van der Waals surface area contributed by atoms with Gasteiger partial charge in [-0.05, 0) is 13.0 Å². The molecule has 0 spiro atoms. The Morgan fingerprint density at radius 2 is 2.20 bits per heavy atom. The average Bonchev–Trinajstić information content (AvgIpc) is 2.92. The van der Waals surface area contributed by atoms with Crippen LogP contribution < -0.4 is 4.74 Å². The summed E-state index contributed by atoms with van der Waals surface area (Å²) < 4.78 is 6.49. The van der Waals surface area contributed by atoms with Gasteiger partial charge >= 0.3 is 5.69 Å². The first-order chi connectivity index (χ1) is 9.61. The number of phenols is 1. The molecular weight excluding hydrogens is 266 g/mol. The molecule has 9 nitrogen and oxygen atoms in total. The van der Waals surface area contributed by atoms with Crippen LogP contribution in [0.3, 0.4) is 0 Å². The Hall–Kier alpha value is -2.97. The van der Waals surface area contributed by atoms with Crippen LogP contribution in [0.2, 0.25) is 0 Å². The molecule has 1 aromatic heterocycles. The minimum atomic E-state index is -0.687. The molecule has 2 aromatic rings. The van der Waals surface area contributed by atoms with Crippen molar-refractivity contribution in [3.05, 3.63) is 40.5 Å². The van der Waals surface area contributed by atoms with E-state index in [1.807, 2.05) is 0 Å². The Bertz CT molecular complexity index is 639. The first kappa shape index (κ1) is 13.5. The van der Waals surface area contributed by atoms with Gasteiger partial charge in [-0.1, -0.05) is 0 Å². The highest BCUT2D eigenvalue weighted by Crippen LogP contribution is 2.36. The van der Waals surface area contributed by atoms with Crippen molar-refractivity contribution >= 4 is 11.9 Å². The molecule has 0 aliphatic rings. The van der Waals surface area contributed by atoms with Crippen LogP contribution in [0.5, 0.6) is 11.5 Å². The fourth-order valence-electron chi connectivity index (χ4n) is 1.48. The predicted molar refractivity (Wildman–Crippen MR) is 68.9 cm³/mol. The van der Waals surface area contributed by atoms with Crippen LogP contribution in [0.15, 0.2) is 29.9 Å². The minimum Gasteiger partial charge on any atom is -0.500 e. The van der Waals surface area contributed by atoms with Gasteiger partial charge in [-0.15, -0.1) is 10.2 Å². The molecule has 20 heavy (non-hydrogen) atoms. The lowest BCUT2D eigenvalue weighted by molar-refractivity contribution is -0.386. The van der Waals surface area contributed by atoms with Crippen LogP contribution in [0.1, 0.15) is 12.5 Å². The Morgan fingerprint density at radius 1 is 1.50 bits per heavy atom. The maximum Gasteiger partial charge on any atom is 0.315 e. The summed E-state index contributed by atoms with van der Waals surface area (Å²) >= 11 is 0. The van der Waals surface area contributed by atoms with Crippen molar-refractivity contribution in [1.82, 2.24) is 14.9 Å². The molecule has 104 valence electrons. The Kier molecular flexibility index (Phi) is 3.89. The van der Waals surface area contributed by atoms with E-state index in [4.69, 9.17) is 4.74 Å². The van der Waals surface area contributed by atoms with Crippen LogP contribution in [-0.4, -0.2) is 37.7 Å². The topological polar surface area (TPSA) is 116 Å². The third-order valence-corrected chi connectivity index (χ3v) is 2.32. The molecule has 0 aliphatic carbocycles. The number of ether oxygens (including phenoxy) is 1. The first-order valence-corrected chi connectivity index (χ1v) is 5.65. The van der Waals surface area contributed by atoms with Crippen molar-refractivity contribution in [2.24, 2.45) is 5.10 Å². The van der Waals surface area contributed by atoms with E-state index in [1.54, 1.807) is 6.92 Å². The monoisotopic (exact) mass is 277 g/mol. The van der Waals surface area contributed by atoms with Crippen molar-refractivity contribution in [2.45, 2.75) is 6.92 Å². The molecule has 1 aromatic carbocycles. The smallest absolute Gasteiger partial charge is 0.315 e. The zero-order chi connectivity index (χ0) is 14.5. The normalized spacial score (nSPS) is 10.8. The van der Waals surface area contributed by atoms with Crippen LogP contribution in [0.25, 0.3) is 0 Å². The van der Waals surface area contributed by atoms with E-state index in [9.17, 15) is 15.2 Å². The van der Waals surface area contributed by atoms with E-state index < -0.39 is 16.4 Å². The summed E-state index contributed by atoms with van der Waals surface area (Å²) in [5.74, 6) is -0.467. The highest BCUT2D eigenvalue weighted by Gasteiger charge is 2.19. The highest BCUT2D eigenvalue weighted by molar-refractivity contribution is 5.83. The summed E-state index contributed by atoms with van der Waals surface area (Å²) in [6.45, 7) is 1.99. The molecule has 2 rings (SSSR count). The summed E-state index contributed by atoms with van der Waals surface area (Å²) in [5, 5.41) is 31.7. The van der Waals surface area contributed by atoms with Gasteiger partial charge in [0.2, 0.25) is 5.75 Å². The summed E-state index contributed by atoms with van der Waals surface area (Å²) in [6, 6.07) is 2.66. The lowest BCUT2D eigenvalue weighted by Gasteiger charge is -2.07. The van der Waals surface area contributed by atoms with Crippen molar-refractivity contribution in [2.75, 3.05) is 6.61 Å². The van der Waals surface area contributed by atoms with Gasteiger partial charge in [-0.25, -0.2) is 4.68 Å². The molecule has 0 bridgehead atoms. The number of hydrogen-bond acceptors (Lipinski definition) is 7. The summed E-state index contributed by atoms with van der Waals surface area (Å²) in [4.78, 5) is 10.2. The average molecular weight is 277 g/mol. The second-order valence-corrected chi connectivity index (χ2v) is 3.66. The predicted octanol–water partition coefficient (Wildman–Crippen LogP) is 1.17. The maximum absolute atomic E-state index is 10.9. The van der Waals surface area contributed by atoms with Crippen molar-refractivity contribution in [3.8, 4) is 11.5 Å². The highest BCUT2D eigenvalue weighted by atomic mass is 16.6. The van der Waals surface area contributed by atoms with E-state index in [2.05, 4.69) is 15.3 Å². The molecule has 1 N–H and O–H groups in total. The standard InChI is InChI=1S/C11H11N5O4/c1-2-20-10-4-8(3-9(11(10)17)16(18)19)5-14-15-6-12-13-7-15/h3-7,17H,2H2,1H3. The number of aromatic nitrogens is 3. The van der Waals surface area contributed by atoms with Crippen LogP contribution in [0.4, 0.5) is 5.69 Å². The van der Waals surface area contributed by atoms with Gasteiger partial charge in [0.05, 0.1) is 17.7 Å². The van der Waals surface area contributed by atoms with Gasteiger partial charge in [0.15, 0.2) is 5.75 Å². The fourth-order valence-corrected chi connectivity index (χ4v) is 1.48. The van der Waals surface area contributed by atoms with E-state index in [1.165, 1.54) is 35.7 Å². The van der Waals surface area contributed by atoms with E-state index in [-0.39, 0.29) is 12.4 Å². The number of phenolic OH excluding ortho intramolecular Hbond substituents is 1. The third-order valence-electron chi connectivity index (χ3n) is 2.32. The number of hydrogen-bond donors (Lipinski definition) is 1. The van der Waals surface area contributed by atoms with E-state index in [0.29, 0.717) is 5.56 Å². The lowest BCUT2D eigenvalue weighted by atomic mass is 10.2. The molecule has 1 heterocycles. The van der Waals surface area contributed by atoms with Gasteiger partial charge in [-0.3, -0.25) is 10.1 Å². The second-order valence-electron chi connectivity index (χ2n) is 3.66. The van der Waals surface area contributed by atoms with Gasteiger partial charge < -0.3 is 9.84 Å². The molecule has 0 amide bonds. The molecule has 9 heteroatoms. The quantitative estimate of drug-likeness (QED) is 0.498. The molecule has 0 saturated heterocycles. The molecular formula is C11H11N5O4. The zero-order valence-electron chi connectivity index (χ0n) is 10.5. The molecule has 0 radical (unpaired) electrons. The summed E-state index contributed by atoms with van der Waals surface area (Å²) in [7, 11) is 0. The molecule has 0 saturated carbocycles. The van der Waals surface area contributed by atoms with Crippen LogP contribution in [0, 0.1) is 10.1 Å². The Morgan fingerprint density at radius 3 is 2.80 bits per heavy atom. The zero-order valence-corrected chi connectivity index (χ0v) is 10.5. The number of benzene rings is 1. The fraction of sp³-hybridized carbons (Fsp3) is 0.182. The molecule has 0 unspecified atom stereocenters. The van der Waals surface area contributed by atoms with Crippen LogP contribution >= 0.6 is 0 Å². The minimum absolute atomic E-state index is 0.0342. The lowest BCUT2D eigenvalue weighted by Crippen LogP contribution is -1.98. The Balaban J connectivity index is 2.40. The van der Waals surface area contributed by atoms with Crippen molar-refractivity contribution in [3.63, 3.8) is 0 Å². The largest absolute Gasteiger partial charge is 0.500 e. The van der Waals surface area contributed by atoms with Gasteiger partial charge in [-0.2, -0.15) is 5.10 Å². The summed E-state index contributed by atoms with van der Waals surface area (Å²) in [6.07, 6.45) is 4.11. The SMILES string of the molecule is CCOc1cc(C=Nn2cnnc2)cc([N+](=O)[O-])c1O. The van der Waals surface area contributed by atoms with Gasteiger partial charge in [0.25, 0.3) is 0 Å². The number of rotatable bonds is 5. The number of nitro groups is 1. The van der Waals surface area contributed by atoms with E-state index in [0.717, 1.165) is 0 Å². The first-order valence-electron chi connectivity index (χ1n) is 5.65. The number of nitrogens with zero attached hydrogens (tertiary/aromatic N) is 5. The summed E-state index contributed by atoms with van der Waals surface area (Å²) in [5.41, 5.74) is -0.0344. The van der Waals surface area contributed by atoms with Crippen molar-refractivity contribution < 1.29 is 14.8 Å². The number of aromatic hydroxyl groups is 1. The molecule has 0 aliphatic heterocycles. The third kappa shape index (κ3) is 2.88. The maximum atomic E-state index is 10.9. The molecule has 0 atom stereocenters. The Labute approximate surface area is 113 Å². The molecule has 0 fully saturated rings. The van der Waals surface area contributed by atoms with Crippen molar-refractivity contribution in [1.29, 1.82) is 0 Å².